The summed E-state index contributed by atoms with van der Waals surface area (Å²) in [6.45, 7) is 9.19. The number of nitrogens with two attached hydrogens (primary N) is 1. The van der Waals surface area contributed by atoms with Crippen molar-refractivity contribution in [1.82, 2.24) is 4.90 Å². The minimum atomic E-state index is 0.303. The Bertz CT molecular complexity index is 238. The van der Waals surface area contributed by atoms with Gasteiger partial charge >= 0.3 is 0 Å². The molecule has 0 aromatic rings. The third kappa shape index (κ3) is 5.30. The van der Waals surface area contributed by atoms with Crippen LogP contribution in [0.2, 0.25) is 0 Å². The molecule has 2 N–H and O–H groups in total. The molecular formula is C13H26N2OS. The molecule has 0 radical (unpaired) electrons. The van der Waals surface area contributed by atoms with E-state index < -0.39 is 0 Å². The summed E-state index contributed by atoms with van der Waals surface area (Å²) in [6.07, 6.45) is 1.25. The van der Waals surface area contributed by atoms with Crippen LogP contribution in [0.3, 0.4) is 0 Å². The van der Waals surface area contributed by atoms with Crippen molar-refractivity contribution in [3.63, 3.8) is 0 Å². The van der Waals surface area contributed by atoms with E-state index in [4.69, 9.17) is 5.73 Å². The fourth-order valence-corrected chi connectivity index (χ4v) is 3.39. The lowest BCUT2D eigenvalue weighted by molar-refractivity contribution is -0.130. The smallest absolute Gasteiger partial charge is 0.232 e. The third-order valence-electron chi connectivity index (χ3n) is 3.25. The highest BCUT2D eigenvalue weighted by atomic mass is 32.2. The van der Waals surface area contributed by atoms with E-state index in [1.54, 1.807) is 11.8 Å². The van der Waals surface area contributed by atoms with E-state index in [-0.39, 0.29) is 0 Å². The first-order valence-corrected chi connectivity index (χ1v) is 7.74. The van der Waals surface area contributed by atoms with Crippen LogP contribution in [0.25, 0.3) is 0 Å². The maximum Gasteiger partial charge on any atom is 0.232 e. The number of thioether (sulfide) groups is 1. The summed E-state index contributed by atoms with van der Waals surface area (Å²) in [5, 5.41) is 0. The van der Waals surface area contributed by atoms with Gasteiger partial charge in [-0.1, -0.05) is 20.8 Å². The van der Waals surface area contributed by atoms with Gasteiger partial charge in [-0.3, -0.25) is 4.79 Å². The molecule has 0 spiro atoms. The number of carbonyl (C=O) groups excluding carboxylic acids is 1. The quantitative estimate of drug-likeness (QED) is 0.818. The lowest BCUT2D eigenvalue weighted by Gasteiger charge is -2.35. The van der Waals surface area contributed by atoms with Crippen molar-refractivity contribution in [3.8, 4) is 0 Å². The molecule has 3 atom stereocenters. The molecule has 0 aromatic heterocycles. The highest BCUT2D eigenvalue weighted by Gasteiger charge is 2.24. The second-order valence-electron chi connectivity index (χ2n) is 5.60. The number of hydrogen-bond acceptors (Lipinski definition) is 3. The van der Waals surface area contributed by atoms with Crippen molar-refractivity contribution in [3.05, 3.63) is 0 Å². The van der Waals surface area contributed by atoms with Crippen molar-refractivity contribution in [2.24, 2.45) is 23.5 Å². The number of carbonyl (C=O) groups is 1. The second-order valence-corrected chi connectivity index (χ2v) is 6.63. The topological polar surface area (TPSA) is 46.3 Å². The third-order valence-corrected chi connectivity index (χ3v) is 4.51. The molecule has 100 valence electrons. The summed E-state index contributed by atoms with van der Waals surface area (Å²) in [5.41, 5.74) is 5.56. The fourth-order valence-electron chi connectivity index (χ4n) is 2.37. The highest BCUT2D eigenvalue weighted by Crippen LogP contribution is 2.21. The van der Waals surface area contributed by atoms with Gasteiger partial charge in [0.05, 0.1) is 5.75 Å². The Morgan fingerprint density at radius 3 is 2.53 bits per heavy atom. The highest BCUT2D eigenvalue weighted by molar-refractivity contribution is 7.99. The van der Waals surface area contributed by atoms with E-state index in [9.17, 15) is 4.79 Å². The van der Waals surface area contributed by atoms with Crippen LogP contribution in [0.4, 0.5) is 0 Å². The van der Waals surface area contributed by atoms with Crippen LogP contribution in [-0.2, 0) is 4.79 Å². The van der Waals surface area contributed by atoms with Gasteiger partial charge in [0.15, 0.2) is 0 Å². The molecule has 0 aromatic carbocycles. The van der Waals surface area contributed by atoms with Crippen LogP contribution in [0.15, 0.2) is 0 Å². The minimum absolute atomic E-state index is 0.303. The average molecular weight is 258 g/mol. The van der Waals surface area contributed by atoms with Gasteiger partial charge in [0.1, 0.15) is 0 Å². The predicted octanol–water partition coefficient (Wildman–Crippen LogP) is 1.82. The van der Waals surface area contributed by atoms with E-state index in [0.29, 0.717) is 36.0 Å². The number of piperidine rings is 1. The van der Waals surface area contributed by atoms with Gasteiger partial charge in [0.25, 0.3) is 0 Å². The van der Waals surface area contributed by atoms with Gasteiger partial charge in [0.2, 0.25) is 5.91 Å². The maximum absolute atomic E-state index is 12.0. The zero-order valence-corrected chi connectivity index (χ0v) is 12.1. The molecule has 1 fully saturated rings. The number of hydrogen-bond donors (Lipinski definition) is 1. The zero-order chi connectivity index (χ0) is 12.8. The summed E-state index contributed by atoms with van der Waals surface area (Å²) in [4.78, 5) is 14.1. The number of amides is 1. The van der Waals surface area contributed by atoms with Crippen molar-refractivity contribution in [2.45, 2.75) is 27.2 Å². The number of nitrogens with zero attached hydrogens (tertiary/aromatic N) is 1. The lowest BCUT2D eigenvalue weighted by Crippen LogP contribution is -2.43. The van der Waals surface area contributed by atoms with Crippen LogP contribution >= 0.6 is 11.8 Å². The fraction of sp³-hybridized carbons (Fsp3) is 0.923. The molecule has 0 saturated carbocycles. The zero-order valence-electron chi connectivity index (χ0n) is 11.3. The lowest BCUT2D eigenvalue weighted by atomic mass is 9.92. The van der Waals surface area contributed by atoms with Crippen LogP contribution in [-0.4, -0.2) is 41.9 Å². The Kier molecular flexibility index (Phi) is 6.34. The molecule has 0 bridgehead atoms. The molecule has 17 heavy (non-hydrogen) atoms. The molecule has 1 amide bonds. The largest absolute Gasteiger partial charge is 0.341 e. The van der Waals surface area contributed by atoms with Gasteiger partial charge in [-0.05, 0) is 36.5 Å². The first kappa shape index (κ1) is 14.8. The van der Waals surface area contributed by atoms with E-state index in [2.05, 4.69) is 20.8 Å². The van der Waals surface area contributed by atoms with Gasteiger partial charge in [-0.15, -0.1) is 0 Å². The molecule has 1 aliphatic rings. The molecule has 3 unspecified atom stereocenters. The Balaban J connectivity index is 2.27. The van der Waals surface area contributed by atoms with Gasteiger partial charge in [0, 0.05) is 13.1 Å². The normalized spacial score (nSPS) is 26.9. The van der Waals surface area contributed by atoms with Crippen molar-refractivity contribution >= 4 is 17.7 Å². The monoisotopic (exact) mass is 258 g/mol. The van der Waals surface area contributed by atoms with Crippen molar-refractivity contribution < 1.29 is 4.79 Å². The molecule has 0 aliphatic carbocycles. The molecule has 1 heterocycles. The molecule has 3 nitrogen and oxygen atoms in total. The summed E-state index contributed by atoms with van der Waals surface area (Å²) >= 11 is 1.72. The van der Waals surface area contributed by atoms with Gasteiger partial charge in [-0.2, -0.15) is 11.8 Å². The Labute approximate surface area is 109 Å². The van der Waals surface area contributed by atoms with E-state index >= 15 is 0 Å². The van der Waals surface area contributed by atoms with Crippen molar-refractivity contribution in [2.75, 3.05) is 31.1 Å². The summed E-state index contributed by atoms with van der Waals surface area (Å²) in [6, 6.07) is 0. The van der Waals surface area contributed by atoms with Crippen LogP contribution in [0.5, 0.6) is 0 Å². The summed E-state index contributed by atoms with van der Waals surface area (Å²) in [5.74, 6) is 3.71. The molecular weight excluding hydrogens is 232 g/mol. The first-order valence-electron chi connectivity index (χ1n) is 6.58. The SMILES string of the molecule is CC(CN)CSCC(=O)N1CC(C)CC(C)C1. The van der Waals surface area contributed by atoms with Crippen LogP contribution < -0.4 is 5.73 Å². The van der Waals surface area contributed by atoms with Crippen molar-refractivity contribution in [1.29, 1.82) is 0 Å². The number of likely N-dealkylation sites (tertiary alicyclic amines) is 1. The van der Waals surface area contributed by atoms with Crippen LogP contribution in [0, 0.1) is 17.8 Å². The van der Waals surface area contributed by atoms with Gasteiger partial charge in [-0.25, -0.2) is 0 Å². The standard InChI is InChI=1S/C13H26N2OS/c1-10-4-11(2)7-15(6-10)13(16)9-17-8-12(3)5-14/h10-12H,4-9,14H2,1-3H3. The molecule has 1 aliphatic heterocycles. The summed E-state index contributed by atoms with van der Waals surface area (Å²) < 4.78 is 0. The number of rotatable bonds is 5. The Hall–Kier alpha value is -0.220. The van der Waals surface area contributed by atoms with E-state index in [0.717, 1.165) is 18.8 Å². The maximum atomic E-state index is 12.0. The molecule has 1 rings (SSSR count). The minimum Gasteiger partial charge on any atom is -0.341 e. The summed E-state index contributed by atoms with van der Waals surface area (Å²) in [7, 11) is 0. The second kappa shape index (κ2) is 7.27. The van der Waals surface area contributed by atoms with Gasteiger partial charge < -0.3 is 10.6 Å². The molecule has 1 saturated heterocycles. The Morgan fingerprint density at radius 2 is 2.00 bits per heavy atom. The molecule has 4 heteroatoms. The van der Waals surface area contributed by atoms with Crippen LogP contribution in [0.1, 0.15) is 27.2 Å². The average Bonchev–Trinajstić information content (AvgIpc) is 2.27. The van der Waals surface area contributed by atoms with E-state index in [1.165, 1.54) is 6.42 Å². The Morgan fingerprint density at radius 1 is 1.41 bits per heavy atom. The van der Waals surface area contributed by atoms with E-state index in [1.807, 2.05) is 4.90 Å². The first-order chi connectivity index (χ1) is 8.02. The predicted molar refractivity (Wildman–Crippen MR) is 75.1 cm³/mol.